The van der Waals surface area contributed by atoms with E-state index in [4.69, 9.17) is 37.7 Å². The van der Waals surface area contributed by atoms with E-state index in [1.807, 2.05) is 0 Å². The SMILES string of the molecule is [2H]c1c([2H])c([2H])c(-c2c([2H])c([2H])c(-c3ccc(-c4nc(-c5ccccc5)nc(-c5c([2H])c([2H])c([2H])c6oc7c([2H])c([2H])c([2H])c([2H])c7c56)n4)cc3)c3c([2H])c([2H])c([2H])c([2H])c23)c([2H])c1[2H]. The van der Waals surface area contributed by atoms with E-state index in [1.54, 1.807) is 30.3 Å². The molecule has 0 radical (unpaired) electrons. The summed E-state index contributed by atoms with van der Waals surface area (Å²) >= 11 is 0. The van der Waals surface area contributed by atoms with Gasteiger partial charge in [0.25, 0.3) is 0 Å². The average molecular weight is 620 g/mol. The van der Waals surface area contributed by atoms with Crippen molar-refractivity contribution in [3.63, 3.8) is 0 Å². The molecule has 0 N–H and O–H groups in total. The third kappa shape index (κ3) is 4.75. The molecule has 2 heterocycles. The van der Waals surface area contributed by atoms with Crippen molar-refractivity contribution in [1.82, 2.24) is 15.0 Å². The van der Waals surface area contributed by atoms with Crippen molar-refractivity contribution in [3.8, 4) is 56.4 Å². The van der Waals surface area contributed by atoms with Crippen molar-refractivity contribution < 1.29 is 29.1 Å². The number of furan rings is 1. The fourth-order valence-electron chi connectivity index (χ4n) is 5.36. The van der Waals surface area contributed by atoms with E-state index in [-0.39, 0.29) is 66.9 Å². The van der Waals surface area contributed by atoms with Gasteiger partial charge in [0.05, 0.1) is 24.7 Å². The predicted molar refractivity (Wildman–Crippen MR) is 192 cm³/mol. The molecule has 9 rings (SSSR count). The summed E-state index contributed by atoms with van der Waals surface area (Å²) < 4.78 is 161. The second kappa shape index (κ2) is 11.2. The number of nitrogens with zero attached hydrogens (tertiary/aromatic N) is 3. The Bertz CT molecular complexity index is 3550. The van der Waals surface area contributed by atoms with Crippen molar-refractivity contribution in [3.05, 3.63) is 163 Å². The molecule has 220 valence electrons. The van der Waals surface area contributed by atoms with Gasteiger partial charge in [-0.1, -0.05) is 151 Å². The van der Waals surface area contributed by atoms with Gasteiger partial charge in [-0.05, 0) is 45.1 Å². The van der Waals surface area contributed by atoms with Crippen LogP contribution in [0.2, 0.25) is 0 Å². The highest BCUT2D eigenvalue weighted by atomic mass is 16.3. The molecule has 0 saturated carbocycles. The lowest BCUT2D eigenvalue weighted by Gasteiger charge is -2.13. The third-order valence-electron chi connectivity index (χ3n) is 7.52. The lowest BCUT2D eigenvalue weighted by atomic mass is 9.92. The zero-order chi connectivity index (χ0) is 46.8. The minimum Gasteiger partial charge on any atom is -0.456 e. The fraction of sp³-hybridized carbons (Fsp3) is 0. The number of hydrogen-bond acceptors (Lipinski definition) is 4. The minimum atomic E-state index is -0.736. The quantitative estimate of drug-likeness (QED) is 0.192. The van der Waals surface area contributed by atoms with Crippen molar-refractivity contribution in [2.75, 3.05) is 0 Å². The Morgan fingerprint density at radius 1 is 0.383 bits per heavy atom. The first-order chi connectivity index (χ1) is 30.8. The van der Waals surface area contributed by atoms with E-state index >= 15 is 0 Å². The fourth-order valence-corrected chi connectivity index (χ4v) is 5.36. The maximum Gasteiger partial charge on any atom is 0.164 e. The minimum absolute atomic E-state index is 0.000255. The highest BCUT2D eigenvalue weighted by Crippen LogP contribution is 2.38. The zero-order valence-electron chi connectivity index (χ0n) is 41.9. The molecule has 0 bridgehead atoms. The first-order valence-electron chi connectivity index (χ1n) is 23.2. The third-order valence-corrected chi connectivity index (χ3v) is 7.52. The van der Waals surface area contributed by atoms with E-state index in [0.717, 1.165) is 0 Å². The van der Waals surface area contributed by atoms with E-state index in [9.17, 15) is 1.37 Å². The number of fused-ring (bicyclic) bond motifs is 4. The second-order valence-electron chi connectivity index (χ2n) is 10.3. The number of benzene rings is 7. The maximum absolute atomic E-state index is 9.24. The highest BCUT2D eigenvalue weighted by Gasteiger charge is 2.18. The number of hydrogen-bond donors (Lipinski definition) is 0. The van der Waals surface area contributed by atoms with Gasteiger partial charge in [0, 0.05) is 27.5 Å². The van der Waals surface area contributed by atoms with Crippen molar-refractivity contribution in [2.45, 2.75) is 0 Å². The van der Waals surface area contributed by atoms with Crippen LogP contribution in [0.3, 0.4) is 0 Å². The number of rotatable bonds is 5. The summed E-state index contributed by atoms with van der Waals surface area (Å²) in [6.45, 7) is 0. The van der Waals surface area contributed by atoms with Crippen LogP contribution < -0.4 is 0 Å². The molecule has 4 nitrogen and oxygen atoms in total. The van der Waals surface area contributed by atoms with E-state index < -0.39 is 120 Å². The van der Waals surface area contributed by atoms with Crippen LogP contribution in [0.25, 0.3) is 89.1 Å². The van der Waals surface area contributed by atoms with Gasteiger partial charge in [0.2, 0.25) is 0 Å². The largest absolute Gasteiger partial charge is 0.456 e. The van der Waals surface area contributed by atoms with E-state index in [2.05, 4.69) is 4.98 Å². The highest BCUT2D eigenvalue weighted by molar-refractivity contribution is 6.11. The van der Waals surface area contributed by atoms with Crippen LogP contribution in [0.4, 0.5) is 0 Å². The monoisotopic (exact) mass is 619 g/mol. The van der Waals surface area contributed by atoms with Crippen LogP contribution in [-0.4, -0.2) is 15.0 Å². The molecular formula is C43H27N3O. The lowest BCUT2D eigenvalue weighted by Crippen LogP contribution is -2.00. The molecule has 9 aromatic rings. The van der Waals surface area contributed by atoms with Crippen LogP contribution in [0, 0.1) is 0 Å². The normalized spacial score (nSPS) is 16.8. The summed E-state index contributed by atoms with van der Waals surface area (Å²) in [6.07, 6.45) is 0. The predicted octanol–water partition coefficient (Wildman–Crippen LogP) is 11.3. The van der Waals surface area contributed by atoms with Crippen molar-refractivity contribution in [1.29, 1.82) is 0 Å². The Hall–Kier alpha value is -6.39. The molecule has 0 unspecified atom stereocenters. The summed E-state index contributed by atoms with van der Waals surface area (Å²) in [5.41, 5.74) is -0.788. The molecule has 0 amide bonds. The molecule has 0 saturated heterocycles. The van der Waals surface area contributed by atoms with Gasteiger partial charge in [-0.25, -0.2) is 15.0 Å². The topological polar surface area (TPSA) is 51.8 Å². The molecule has 2 aromatic heterocycles. The molecule has 0 aliphatic carbocycles. The maximum atomic E-state index is 9.24. The summed E-state index contributed by atoms with van der Waals surface area (Å²) in [5, 5.41) is -0.784. The Labute approximate surface area is 297 Å². The molecule has 0 spiro atoms. The Morgan fingerprint density at radius 3 is 1.66 bits per heavy atom. The van der Waals surface area contributed by atoms with Crippen LogP contribution >= 0.6 is 0 Å². The smallest absolute Gasteiger partial charge is 0.164 e. The molecule has 4 heteroatoms. The Morgan fingerprint density at radius 2 is 0.936 bits per heavy atom. The van der Waals surface area contributed by atoms with E-state index in [1.165, 1.54) is 24.3 Å². The molecule has 47 heavy (non-hydrogen) atoms. The molecule has 0 fully saturated rings. The van der Waals surface area contributed by atoms with Crippen LogP contribution in [0.5, 0.6) is 0 Å². The number of para-hydroxylation sites is 1. The zero-order valence-corrected chi connectivity index (χ0v) is 23.9. The number of aromatic nitrogens is 3. The second-order valence-corrected chi connectivity index (χ2v) is 10.3. The Kier molecular flexibility index (Phi) is 3.42. The molecule has 0 aliphatic heterocycles. The lowest BCUT2D eigenvalue weighted by molar-refractivity contribution is 0.669. The van der Waals surface area contributed by atoms with Crippen LogP contribution in [0.1, 0.15) is 24.7 Å². The van der Waals surface area contributed by atoms with Gasteiger partial charge >= 0.3 is 0 Å². The summed E-state index contributed by atoms with van der Waals surface area (Å²) in [6, 6.07) is 3.37. The molecule has 0 atom stereocenters. The van der Waals surface area contributed by atoms with Crippen LogP contribution in [0.15, 0.2) is 168 Å². The van der Waals surface area contributed by atoms with Gasteiger partial charge in [-0.2, -0.15) is 0 Å². The Balaban J connectivity index is 1.30. The standard InChI is InChI=1S/C43H27N3O/c1-3-12-28(13-4-1)32-26-27-33(35-17-8-7-16-34(32)35)29-22-24-31(25-23-29)42-44-41(30-14-5-2-6-15-30)45-43(46-42)37-19-11-21-39-40(37)36-18-9-10-20-38(36)47-39/h1-27H/i1D,3D,4D,7D,8D,9D,10D,11D,12D,13D,16D,17D,18D,19D,20D,21D,26D,27D. The van der Waals surface area contributed by atoms with Crippen LogP contribution in [-0.2, 0) is 0 Å². The van der Waals surface area contributed by atoms with Crippen molar-refractivity contribution in [2.24, 2.45) is 0 Å². The van der Waals surface area contributed by atoms with E-state index in [0.29, 0.717) is 11.1 Å². The molecule has 0 aliphatic rings. The van der Waals surface area contributed by atoms with Gasteiger partial charge in [-0.3, -0.25) is 0 Å². The molecular weight excluding hydrogens is 574 g/mol. The summed E-state index contributed by atoms with van der Waals surface area (Å²) in [4.78, 5) is 14.1. The summed E-state index contributed by atoms with van der Waals surface area (Å²) in [5.74, 6) is -0.107. The van der Waals surface area contributed by atoms with Gasteiger partial charge in [0.15, 0.2) is 17.5 Å². The molecule has 7 aromatic carbocycles. The van der Waals surface area contributed by atoms with Crippen molar-refractivity contribution >= 4 is 32.7 Å². The van der Waals surface area contributed by atoms with Gasteiger partial charge < -0.3 is 4.42 Å². The van der Waals surface area contributed by atoms with Gasteiger partial charge in [-0.15, -0.1) is 0 Å². The summed E-state index contributed by atoms with van der Waals surface area (Å²) in [7, 11) is 0. The van der Waals surface area contributed by atoms with Gasteiger partial charge in [0.1, 0.15) is 11.2 Å². The average Bonchev–Trinajstić information content (AvgIpc) is 3.71. The first-order valence-corrected chi connectivity index (χ1v) is 14.2. The first kappa shape index (κ1) is 14.4.